The minimum atomic E-state index is -5.52. The van der Waals surface area contributed by atoms with E-state index < -0.39 is 15.5 Å². The molecule has 1 rings (SSSR count). The third-order valence-electron chi connectivity index (χ3n) is 2.49. The summed E-state index contributed by atoms with van der Waals surface area (Å²) in [7, 11) is -5.52. The van der Waals surface area contributed by atoms with Gasteiger partial charge in [-0.3, -0.25) is 4.72 Å². The summed E-state index contributed by atoms with van der Waals surface area (Å²) in [5.74, 6) is 0. The van der Waals surface area contributed by atoms with Gasteiger partial charge in [-0.2, -0.15) is 21.6 Å². The van der Waals surface area contributed by atoms with Gasteiger partial charge in [0.15, 0.2) is 0 Å². The number of rotatable bonds is 4. The topological polar surface area (TPSA) is 78.8 Å². The molecule has 0 saturated heterocycles. The van der Waals surface area contributed by atoms with Crippen molar-refractivity contribution < 1.29 is 26.8 Å². The summed E-state index contributed by atoms with van der Waals surface area (Å²) in [6.07, 6.45) is 0.223. The molecule has 0 aromatic heterocycles. The van der Waals surface area contributed by atoms with Gasteiger partial charge in [-0.25, -0.2) is 0 Å². The Bertz CT molecular complexity index is 624. The zero-order chi connectivity index (χ0) is 15.6. The van der Waals surface area contributed by atoms with Crippen LogP contribution >= 0.6 is 0 Å². The third kappa shape index (κ3) is 3.41. The first-order chi connectivity index (χ1) is 9.12. The summed E-state index contributed by atoms with van der Waals surface area (Å²) < 4.78 is 60.8. The molecule has 1 aromatic carbocycles. The molecular weight excluding hydrogens is 297 g/mol. The van der Waals surface area contributed by atoms with Crippen molar-refractivity contribution in [2.75, 3.05) is 4.72 Å². The van der Waals surface area contributed by atoms with Gasteiger partial charge >= 0.3 is 15.5 Å². The van der Waals surface area contributed by atoms with Gasteiger partial charge in [-0.05, 0) is 25.5 Å². The molecule has 0 heterocycles. The smallest absolute Gasteiger partial charge is 0.411 e. The lowest BCUT2D eigenvalue weighted by Gasteiger charge is -2.15. The number of oxime groups is 1. The highest BCUT2D eigenvalue weighted by Crippen LogP contribution is 2.28. The van der Waals surface area contributed by atoms with Gasteiger partial charge in [-0.15, -0.1) is 0 Å². The molecule has 0 aliphatic rings. The SMILES string of the molecule is CC/C(=N\O)c1cc(C)ccc1NS(=O)(=O)C(F)(F)F. The number of alkyl halides is 3. The van der Waals surface area contributed by atoms with Crippen molar-refractivity contribution in [1.29, 1.82) is 0 Å². The zero-order valence-electron chi connectivity index (χ0n) is 10.7. The number of hydrogen-bond donors (Lipinski definition) is 2. The highest BCUT2D eigenvalue weighted by atomic mass is 32.2. The number of anilines is 1. The van der Waals surface area contributed by atoms with E-state index in [0.717, 1.165) is 0 Å². The second-order valence-corrected chi connectivity index (χ2v) is 5.67. The van der Waals surface area contributed by atoms with E-state index in [9.17, 15) is 21.6 Å². The first-order valence-electron chi connectivity index (χ1n) is 5.53. The van der Waals surface area contributed by atoms with Crippen molar-refractivity contribution >= 4 is 21.4 Å². The molecule has 0 fully saturated rings. The predicted molar refractivity (Wildman–Crippen MR) is 68.4 cm³/mol. The molecule has 0 radical (unpaired) electrons. The van der Waals surface area contributed by atoms with Crippen LogP contribution in [0, 0.1) is 6.92 Å². The molecule has 20 heavy (non-hydrogen) atoms. The number of benzene rings is 1. The van der Waals surface area contributed by atoms with Gasteiger partial charge < -0.3 is 5.21 Å². The second kappa shape index (κ2) is 5.70. The van der Waals surface area contributed by atoms with Crippen molar-refractivity contribution in [1.82, 2.24) is 0 Å². The highest BCUT2D eigenvalue weighted by molar-refractivity contribution is 7.93. The maximum absolute atomic E-state index is 12.4. The fourth-order valence-corrected chi connectivity index (χ4v) is 2.09. The third-order valence-corrected chi connectivity index (χ3v) is 3.59. The molecule has 2 N–H and O–H groups in total. The van der Waals surface area contributed by atoms with E-state index in [1.54, 1.807) is 13.8 Å². The average molecular weight is 310 g/mol. The summed E-state index contributed by atoms with van der Waals surface area (Å²) in [5.41, 5.74) is -4.85. The Balaban J connectivity index is 3.34. The lowest BCUT2D eigenvalue weighted by atomic mass is 10.0. The standard InChI is InChI=1S/C11H13F3N2O3S/c1-3-9(15-17)8-6-7(2)4-5-10(8)16-20(18,19)11(12,13)14/h4-6,16-17H,3H2,1-2H3/b15-9+. The van der Waals surface area contributed by atoms with Gasteiger partial charge in [-0.1, -0.05) is 23.7 Å². The van der Waals surface area contributed by atoms with Crippen molar-refractivity contribution in [3.05, 3.63) is 29.3 Å². The molecule has 1 aromatic rings. The van der Waals surface area contributed by atoms with Crippen LogP contribution in [0.1, 0.15) is 24.5 Å². The summed E-state index contributed by atoms with van der Waals surface area (Å²) in [6.45, 7) is 3.30. The molecular formula is C11H13F3N2O3S. The Morgan fingerprint density at radius 1 is 1.40 bits per heavy atom. The van der Waals surface area contributed by atoms with E-state index in [2.05, 4.69) is 5.16 Å². The Morgan fingerprint density at radius 2 is 2.00 bits per heavy atom. The molecule has 0 amide bonds. The fourth-order valence-electron chi connectivity index (χ4n) is 1.50. The number of nitrogens with one attached hydrogen (secondary N) is 1. The van der Waals surface area contributed by atoms with E-state index in [0.29, 0.717) is 5.56 Å². The van der Waals surface area contributed by atoms with Gasteiger partial charge in [0, 0.05) is 5.56 Å². The molecule has 112 valence electrons. The van der Waals surface area contributed by atoms with Gasteiger partial charge in [0.25, 0.3) is 0 Å². The fraction of sp³-hybridized carbons (Fsp3) is 0.364. The van der Waals surface area contributed by atoms with Crippen LogP contribution in [0.2, 0.25) is 0 Å². The summed E-state index contributed by atoms with van der Waals surface area (Å²) in [6, 6.07) is 4.07. The molecule has 0 aliphatic carbocycles. The van der Waals surface area contributed by atoms with E-state index in [4.69, 9.17) is 5.21 Å². The minimum Gasteiger partial charge on any atom is -0.411 e. The normalized spacial score (nSPS) is 13.3. The molecule has 0 atom stereocenters. The molecule has 0 unspecified atom stereocenters. The zero-order valence-corrected chi connectivity index (χ0v) is 11.5. The van der Waals surface area contributed by atoms with Crippen LogP contribution < -0.4 is 4.72 Å². The van der Waals surface area contributed by atoms with E-state index >= 15 is 0 Å². The second-order valence-electron chi connectivity index (χ2n) is 4.00. The van der Waals surface area contributed by atoms with Crippen molar-refractivity contribution in [3.63, 3.8) is 0 Å². The van der Waals surface area contributed by atoms with Crippen molar-refractivity contribution in [2.45, 2.75) is 25.8 Å². The average Bonchev–Trinajstić information content (AvgIpc) is 2.32. The minimum absolute atomic E-state index is 0.0774. The quantitative estimate of drug-likeness (QED) is 0.510. The molecule has 0 bridgehead atoms. The van der Waals surface area contributed by atoms with Crippen molar-refractivity contribution in [3.8, 4) is 0 Å². The van der Waals surface area contributed by atoms with Crippen LogP contribution in [0.5, 0.6) is 0 Å². The summed E-state index contributed by atoms with van der Waals surface area (Å²) in [5, 5.41) is 11.8. The largest absolute Gasteiger partial charge is 0.516 e. The number of hydrogen-bond acceptors (Lipinski definition) is 4. The van der Waals surface area contributed by atoms with Crippen LogP contribution in [0.25, 0.3) is 0 Å². The molecule has 5 nitrogen and oxygen atoms in total. The van der Waals surface area contributed by atoms with Crippen LogP contribution in [0.3, 0.4) is 0 Å². The number of nitrogens with zero attached hydrogens (tertiary/aromatic N) is 1. The van der Waals surface area contributed by atoms with Crippen molar-refractivity contribution in [2.24, 2.45) is 5.16 Å². The maximum atomic E-state index is 12.4. The van der Waals surface area contributed by atoms with E-state index in [1.807, 2.05) is 0 Å². The van der Waals surface area contributed by atoms with Gasteiger partial charge in [0.05, 0.1) is 11.4 Å². The maximum Gasteiger partial charge on any atom is 0.516 e. The highest BCUT2D eigenvalue weighted by Gasteiger charge is 2.46. The predicted octanol–water partition coefficient (Wildman–Crippen LogP) is 2.84. The molecule has 0 aliphatic heterocycles. The Morgan fingerprint density at radius 3 is 2.45 bits per heavy atom. The summed E-state index contributed by atoms with van der Waals surface area (Å²) >= 11 is 0. The summed E-state index contributed by atoms with van der Waals surface area (Å²) in [4.78, 5) is 0. The van der Waals surface area contributed by atoms with Gasteiger partial charge in [0.2, 0.25) is 0 Å². The van der Waals surface area contributed by atoms with E-state index in [-0.39, 0.29) is 23.4 Å². The Labute approximate surface area is 114 Å². The Kier molecular flexibility index (Phi) is 4.64. The van der Waals surface area contributed by atoms with Gasteiger partial charge in [0.1, 0.15) is 0 Å². The molecule has 0 spiro atoms. The number of sulfonamides is 1. The Hall–Kier alpha value is -1.77. The number of halogens is 3. The first kappa shape index (κ1) is 16.3. The van der Waals surface area contributed by atoms with Crippen LogP contribution in [-0.4, -0.2) is 24.8 Å². The van der Waals surface area contributed by atoms with Crippen LogP contribution in [0.15, 0.2) is 23.4 Å². The first-order valence-corrected chi connectivity index (χ1v) is 7.01. The number of aryl methyl sites for hydroxylation is 1. The lowest BCUT2D eigenvalue weighted by Crippen LogP contribution is -2.30. The van der Waals surface area contributed by atoms with Crippen LogP contribution in [-0.2, 0) is 10.0 Å². The monoisotopic (exact) mass is 310 g/mol. The molecule has 9 heteroatoms. The molecule has 0 saturated carbocycles. The van der Waals surface area contributed by atoms with E-state index in [1.165, 1.54) is 22.9 Å². The van der Waals surface area contributed by atoms with Crippen LogP contribution in [0.4, 0.5) is 18.9 Å². The lowest BCUT2D eigenvalue weighted by molar-refractivity contribution is -0.0429.